The molecule has 0 spiro atoms. The van der Waals surface area contributed by atoms with Gasteiger partial charge in [-0.05, 0) is 24.6 Å². The Balaban J connectivity index is 1.79. The van der Waals surface area contributed by atoms with Gasteiger partial charge in [-0.15, -0.1) is 0 Å². The van der Waals surface area contributed by atoms with E-state index in [1.54, 1.807) is 19.1 Å². The van der Waals surface area contributed by atoms with E-state index in [-0.39, 0.29) is 17.5 Å². The summed E-state index contributed by atoms with van der Waals surface area (Å²) in [6, 6.07) is 3.50. The molecule has 1 aliphatic rings. The van der Waals surface area contributed by atoms with E-state index in [1.165, 1.54) is 0 Å². The lowest BCUT2D eigenvalue weighted by atomic mass is 9.95. The summed E-state index contributed by atoms with van der Waals surface area (Å²) in [5.41, 5.74) is 0.374. The third kappa shape index (κ3) is 4.30. The molecule has 2 aromatic rings. The van der Waals surface area contributed by atoms with Gasteiger partial charge in [-0.3, -0.25) is 9.59 Å². The summed E-state index contributed by atoms with van der Waals surface area (Å²) < 4.78 is 11.3. The molecule has 0 aliphatic carbocycles. The molecular weight excluding hydrogens is 382 g/mol. The Morgan fingerprint density at radius 3 is 2.68 bits per heavy atom. The molecule has 150 valence electrons. The van der Waals surface area contributed by atoms with Crippen molar-refractivity contribution in [2.45, 2.75) is 46.1 Å². The van der Waals surface area contributed by atoms with E-state index in [0.29, 0.717) is 41.3 Å². The lowest BCUT2D eigenvalue weighted by molar-refractivity contribution is 0.0948. The second kappa shape index (κ2) is 7.83. The number of hydrogen-bond donors (Lipinski definition) is 2. The highest BCUT2D eigenvalue weighted by Crippen LogP contribution is 2.37. The van der Waals surface area contributed by atoms with Crippen LogP contribution in [0.4, 0.5) is 0 Å². The van der Waals surface area contributed by atoms with Crippen molar-refractivity contribution in [2.24, 2.45) is 0 Å². The lowest BCUT2D eigenvalue weighted by Gasteiger charge is -2.18. The van der Waals surface area contributed by atoms with E-state index in [2.05, 4.69) is 15.3 Å². The van der Waals surface area contributed by atoms with Crippen molar-refractivity contribution in [3.8, 4) is 11.5 Å². The molecule has 0 radical (unpaired) electrons. The number of nitrogens with one attached hydrogen (secondary N) is 2. The number of nitrogens with zero attached hydrogens (tertiary/aromatic N) is 1. The Morgan fingerprint density at radius 1 is 1.29 bits per heavy atom. The predicted octanol–water partition coefficient (Wildman–Crippen LogP) is 3.12. The van der Waals surface area contributed by atoms with Gasteiger partial charge in [0, 0.05) is 18.4 Å². The van der Waals surface area contributed by atoms with Gasteiger partial charge in [-0.2, -0.15) is 0 Å². The Hall–Kier alpha value is -2.54. The maximum absolute atomic E-state index is 12.6. The highest BCUT2D eigenvalue weighted by Gasteiger charge is 2.22. The number of carbonyl (C=O) groups is 1. The molecule has 7 nitrogen and oxygen atoms in total. The van der Waals surface area contributed by atoms with Gasteiger partial charge in [-0.1, -0.05) is 32.4 Å². The standard InChI is InChI=1S/C20H24ClN3O4/c1-11-15(18(26)24-19(23-11)20(2,3)4)17(25)22-10-12-8-13(21)16-14(9-12)27-6-5-7-28-16/h8-9H,5-7,10H2,1-4H3,(H,22,25)(H,23,24,26). The SMILES string of the molecule is Cc1nc(C(C)(C)C)[nH]c(=O)c1C(=O)NCc1cc(Cl)c2c(c1)OCCCO2. The van der Waals surface area contributed by atoms with Crippen LogP contribution in [0.5, 0.6) is 11.5 Å². The van der Waals surface area contributed by atoms with Crippen LogP contribution >= 0.6 is 11.6 Å². The maximum atomic E-state index is 12.6. The summed E-state index contributed by atoms with van der Waals surface area (Å²) in [5.74, 6) is 1.12. The number of halogens is 1. The fourth-order valence-corrected chi connectivity index (χ4v) is 3.15. The van der Waals surface area contributed by atoms with E-state index in [0.717, 1.165) is 12.0 Å². The smallest absolute Gasteiger partial charge is 0.264 e. The van der Waals surface area contributed by atoms with Gasteiger partial charge < -0.3 is 19.8 Å². The zero-order chi connectivity index (χ0) is 20.5. The van der Waals surface area contributed by atoms with Crippen LogP contribution in [-0.4, -0.2) is 29.1 Å². The predicted molar refractivity (Wildman–Crippen MR) is 107 cm³/mol. The van der Waals surface area contributed by atoms with Gasteiger partial charge in [0.25, 0.3) is 11.5 Å². The van der Waals surface area contributed by atoms with E-state index in [9.17, 15) is 9.59 Å². The average molecular weight is 406 g/mol. The van der Waals surface area contributed by atoms with Crippen molar-refractivity contribution < 1.29 is 14.3 Å². The third-order valence-corrected chi connectivity index (χ3v) is 4.63. The summed E-state index contributed by atoms with van der Waals surface area (Å²) >= 11 is 6.28. The zero-order valence-electron chi connectivity index (χ0n) is 16.4. The first kappa shape index (κ1) is 20.2. The molecule has 0 unspecified atom stereocenters. The highest BCUT2D eigenvalue weighted by molar-refractivity contribution is 6.32. The number of ether oxygens (including phenoxy) is 2. The Kier molecular flexibility index (Phi) is 5.65. The van der Waals surface area contributed by atoms with E-state index in [4.69, 9.17) is 21.1 Å². The van der Waals surface area contributed by atoms with Gasteiger partial charge >= 0.3 is 0 Å². The zero-order valence-corrected chi connectivity index (χ0v) is 17.2. The van der Waals surface area contributed by atoms with Crippen LogP contribution in [0.2, 0.25) is 5.02 Å². The van der Waals surface area contributed by atoms with Gasteiger partial charge in [-0.25, -0.2) is 4.98 Å². The molecular formula is C20H24ClN3O4. The number of aromatic amines is 1. The Labute approximate surface area is 168 Å². The van der Waals surface area contributed by atoms with Crippen molar-refractivity contribution in [3.05, 3.63) is 50.2 Å². The Bertz CT molecular complexity index is 963. The minimum absolute atomic E-state index is 0.00782. The number of benzene rings is 1. The summed E-state index contributed by atoms with van der Waals surface area (Å²) in [4.78, 5) is 32.1. The van der Waals surface area contributed by atoms with Crippen LogP contribution in [0, 0.1) is 6.92 Å². The van der Waals surface area contributed by atoms with Crippen LogP contribution in [0.1, 0.15) is 54.6 Å². The first-order valence-corrected chi connectivity index (χ1v) is 9.52. The molecule has 28 heavy (non-hydrogen) atoms. The first-order chi connectivity index (χ1) is 13.2. The number of hydrogen-bond acceptors (Lipinski definition) is 5. The maximum Gasteiger partial charge on any atom is 0.264 e. The van der Waals surface area contributed by atoms with E-state index in [1.807, 2.05) is 20.8 Å². The monoisotopic (exact) mass is 405 g/mol. The number of amides is 1. The fourth-order valence-electron chi connectivity index (χ4n) is 2.87. The van der Waals surface area contributed by atoms with Crippen LogP contribution in [-0.2, 0) is 12.0 Å². The largest absolute Gasteiger partial charge is 0.489 e. The normalized spacial score (nSPS) is 13.8. The van der Waals surface area contributed by atoms with Gasteiger partial charge in [0.05, 0.1) is 23.9 Å². The quantitative estimate of drug-likeness (QED) is 0.818. The molecule has 0 saturated heterocycles. The molecule has 0 saturated carbocycles. The fraction of sp³-hybridized carbons (Fsp3) is 0.450. The first-order valence-electron chi connectivity index (χ1n) is 9.14. The van der Waals surface area contributed by atoms with Gasteiger partial charge in [0.1, 0.15) is 11.4 Å². The van der Waals surface area contributed by atoms with Crippen molar-refractivity contribution in [1.29, 1.82) is 0 Å². The van der Waals surface area contributed by atoms with Gasteiger partial charge in [0.2, 0.25) is 0 Å². The summed E-state index contributed by atoms with van der Waals surface area (Å²) in [5, 5.41) is 3.18. The van der Waals surface area contributed by atoms with Crippen molar-refractivity contribution >= 4 is 17.5 Å². The minimum Gasteiger partial charge on any atom is -0.489 e. The molecule has 1 aromatic carbocycles. The van der Waals surface area contributed by atoms with Crippen molar-refractivity contribution in [3.63, 3.8) is 0 Å². The molecule has 2 N–H and O–H groups in total. The molecule has 0 fully saturated rings. The second-order valence-electron chi connectivity index (χ2n) is 7.76. The number of aryl methyl sites for hydroxylation is 1. The van der Waals surface area contributed by atoms with Crippen molar-refractivity contribution in [1.82, 2.24) is 15.3 Å². The third-order valence-electron chi connectivity index (χ3n) is 4.35. The van der Waals surface area contributed by atoms with Crippen LogP contribution in [0.3, 0.4) is 0 Å². The number of H-pyrrole nitrogens is 1. The summed E-state index contributed by atoms with van der Waals surface area (Å²) in [7, 11) is 0. The molecule has 1 amide bonds. The van der Waals surface area contributed by atoms with Gasteiger partial charge in [0.15, 0.2) is 11.5 Å². The van der Waals surface area contributed by atoms with Crippen LogP contribution in [0.15, 0.2) is 16.9 Å². The summed E-state index contributed by atoms with van der Waals surface area (Å²) in [6.45, 7) is 8.76. The number of carbonyl (C=O) groups excluding carboxylic acids is 1. The van der Waals surface area contributed by atoms with E-state index < -0.39 is 11.5 Å². The molecule has 1 aliphatic heterocycles. The number of fused-ring (bicyclic) bond motifs is 1. The molecule has 0 atom stereocenters. The number of aromatic nitrogens is 2. The van der Waals surface area contributed by atoms with Crippen LogP contribution < -0.4 is 20.3 Å². The molecule has 8 heteroatoms. The molecule has 1 aromatic heterocycles. The average Bonchev–Trinajstić information content (AvgIpc) is 2.84. The number of rotatable bonds is 3. The highest BCUT2D eigenvalue weighted by atomic mass is 35.5. The van der Waals surface area contributed by atoms with E-state index >= 15 is 0 Å². The lowest BCUT2D eigenvalue weighted by Crippen LogP contribution is -2.33. The minimum atomic E-state index is -0.491. The molecule has 0 bridgehead atoms. The summed E-state index contributed by atoms with van der Waals surface area (Å²) in [6.07, 6.45) is 0.774. The topological polar surface area (TPSA) is 93.3 Å². The van der Waals surface area contributed by atoms with Crippen LogP contribution in [0.25, 0.3) is 0 Å². The van der Waals surface area contributed by atoms with Crippen molar-refractivity contribution in [2.75, 3.05) is 13.2 Å². The Morgan fingerprint density at radius 2 is 2.00 bits per heavy atom. The molecule has 2 heterocycles. The molecule has 3 rings (SSSR count). The second-order valence-corrected chi connectivity index (χ2v) is 8.17.